The summed E-state index contributed by atoms with van der Waals surface area (Å²) < 4.78 is 29.8. The molecule has 2 aliphatic heterocycles. The van der Waals surface area contributed by atoms with Crippen molar-refractivity contribution in [2.75, 3.05) is 35.3 Å². The van der Waals surface area contributed by atoms with Crippen molar-refractivity contribution in [3.8, 4) is 5.75 Å². The molecule has 1 saturated heterocycles. The summed E-state index contributed by atoms with van der Waals surface area (Å²) in [6.45, 7) is 5.41. The summed E-state index contributed by atoms with van der Waals surface area (Å²) in [4.78, 5) is 58.4. The van der Waals surface area contributed by atoms with Gasteiger partial charge in [-0.1, -0.05) is 35.2 Å². The van der Waals surface area contributed by atoms with Gasteiger partial charge in [-0.15, -0.1) is 0 Å². The number of nitrogens with zero attached hydrogens (tertiary/aromatic N) is 3. The van der Waals surface area contributed by atoms with Crippen LogP contribution in [0.25, 0.3) is 0 Å². The number of thioether (sulfide) groups is 1. The van der Waals surface area contributed by atoms with Crippen LogP contribution in [0.4, 0.5) is 17.1 Å². The highest BCUT2D eigenvalue weighted by Crippen LogP contribution is 2.54. The van der Waals surface area contributed by atoms with Crippen molar-refractivity contribution in [2.24, 2.45) is 11.1 Å². The van der Waals surface area contributed by atoms with Crippen LogP contribution in [0.3, 0.4) is 0 Å². The second-order valence-corrected chi connectivity index (χ2v) is 14.9. The number of primary sulfonamides is 1. The number of amides is 3. The smallest absolute Gasteiger partial charge is 0.308 e. The Kier molecular flexibility index (Phi) is 9.22. The van der Waals surface area contributed by atoms with Gasteiger partial charge in [-0.05, 0) is 80.1 Å². The van der Waals surface area contributed by atoms with E-state index in [2.05, 4.69) is 24.1 Å². The van der Waals surface area contributed by atoms with Gasteiger partial charge in [-0.2, -0.15) is 0 Å². The molecule has 15 heteroatoms. The van der Waals surface area contributed by atoms with Gasteiger partial charge in [0.2, 0.25) is 27.7 Å². The molecule has 2 aliphatic rings. The molecule has 6 rings (SSSR count). The van der Waals surface area contributed by atoms with Crippen molar-refractivity contribution in [3.05, 3.63) is 92.9 Å². The molecule has 0 saturated carbocycles. The molecule has 48 heavy (non-hydrogen) atoms. The minimum absolute atomic E-state index is 0.106. The first-order chi connectivity index (χ1) is 22.9. The summed E-state index contributed by atoms with van der Waals surface area (Å²) in [7, 11) is -2.37. The predicted molar refractivity (Wildman–Crippen MR) is 185 cm³/mol. The fourth-order valence-electron chi connectivity index (χ4n) is 6.15. The van der Waals surface area contributed by atoms with E-state index in [1.165, 1.54) is 40.8 Å². The van der Waals surface area contributed by atoms with Crippen molar-refractivity contribution >= 4 is 67.9 Å². The summed E-state index contributed by atoms with van der Waals surface area (Å²) in [5, 5.41) is 7.47. The molecule has 3 atom stereocenters. The first-order valence-electron chi connectivity index (χ1n) is 15.1. The van der Waals surface area contributed by atoms with Crippen molar-refractivity contribution in [1.29, 1.82) is 0 Å². The molecule has 3 amide bonds. The molecule has 0 bridgehead atoms. The maximum absolute atomic E-state index is 14.2. The summed E-state index contributed by atoms with van der Waals surface area (Å²) in [5.74, 6) is -2.10. The second-order valence-electron chi connectivity index (χ2n) is 11.3. The number of hydrogen-bond acceptors (Lipinski definition) is 10. The number of sulfonamides is 1. The van der Waals surface area contributed by atoms with E-state index in [1.54, 1.807) is 24.3 Å². The monoisotopic (exact) mass is 707 g/mol. The maximum atomic E-state index is 14.2. The average Bonchev–Trinajstić information content (AvgIpc) is 3.51. The minimum Gasteiger partial charge on any atom is -0.497 e. The Hall–Kier alpha value is -4.44. The maximum Gasteiger partial charge on any atom is 0.308 e. The Morgan fingerprint density at radius 1 is 0.938 bits per heavy atom. The van der Waals surface area contributed by atoms with E-state index in [0.29, 0.717) is 27.0 Å². The minimum atomic E-state index is -3.91. The average molecular weight is 708 g/mol. The summed E-state index contributed by atoms with van der Waals surface area (Å²) in [5.41, 5.74) is 2.53. The quantitative estimate of drug-likeness (QED) is 0.233. The Labute approximate surface area is 285 Å². The molecule has 2 unspecified atom stereocenters. The summed E-state index contributed by atoms with van der Waals surface area (Å²) in [6.07, 6.45) is 0. The lowest BCUT2D eigenvalue weighted by molar-refractivity contribution is -0.122. The number of hydrogen-bond donors (Lipinski definition) is 2. The number of methoxy groups -OCH3 is 1. The number of anilines is 3. The highest BCUT2D eigenvalue weighted by Gasteiger charge is 2.56. The van der Waals surface area contributed by atoms with Gasteiger partial charge in [0.15, 0.2) is 0 Å². The van der Waals surface area contributed by atoms with Crippen LogP contribution >= 0.6 is 23.1 Å². The lowest BCUT2D eigenvalue weighted by Gasteiger charge is -2.31. The van der Waals surface area contributed by atoms with Gasteiger partial charge >= 0.3 is 4.87 Å². The molecular weight excluding hydrogens is 675 g/mol. The SMILES string of the molecule is CCN(CC)c1ccc([C@H]2c3sc(=O)n(CC(=O)Nc4ccc(S(N)(=O)=O)cc4)c3SC3C(=O)N(c4ccc(OC)cc4)C(=O)C32)cc1. The van der Waals surface area contributed by atoms with Gasteiger partial charge in [-0.3, -0.25) is 23.7 Å². The lowest BCUT2D eigenvalue weighted by Crippen LogP contribution is -2.33. The van der Waals surface area contributed by atoms with Gasteiger partial charge in [-0.25, -0.2) is 18.5 Å². The fraction of sp³-hybridized carbons (Fsp3) is 0.273. The molecular formula is C33H33N5O7S3. The number of thiazole rings is 1. The zero-order valence-corrected chi connectivity index (χ0v) is 28.7. The van der Waals surface area contributed by atoms with Crippen LogP contribution in [-0.4, -0.2) is 56.2 Å². The van der Waals surface area contributed by atoms with Crippen LogP contribution in [0.1, 0.15) is 30.2 Å². The van der Waals surface area contributed by atoms with E-state index < -0.39 is 43.8 Å². The molecule has 0 aliphatic carbocycles. The number of carbonyl (C=O) groups is 3. The Bertz CT molecular complexity index is 2040. The number of benzene rings is 3. The largest absolute Gasteiger partial charge is 0.497 e. The van der Waals surface area contributed by atoms with Crippen LogP contribution < -0.4 is 29.9 Å². The van der Waals surface area contributed by atoms with Crippen LogP contribution in [0.2, 0.25) is 0 Å². The highest BCUT2D eigenvalue weighted by atomic mass is 32.2. The number of fused-ring (bicyclic) bond motifs is 2. The Morgan fingerprint density at radius 2 is 1.58 bits per heavy atom. The van der Waals surface area contributed by atoms with E-state index in [9.17, 15) is 27.6 Å². The predicted octanol–water partition coefficient (Wildman–Crippen LogP) is 3.85. The molecule has 3 N–H and O–H groups in total. The normalized spacial score (nSPS) is 18.8. The molecule has 4 aromatic rings. The van der Waals surface area contributed by atoms with Crippen molar-refractivity contribution < 1.29 is 27.5 Å². The zero-order valence-electron chi connectivity index (χ0n) is 26.3. The number of nitrogens with one attached hydrogen (secondary N) is 1. The first kappa shape index (κ1) is 33.5. The van der Waals surface area contributed by atoms with Gasteiger partial charge in [0.05, 0.1) is 28.6 Å². The third-order valence-corrected chi connectivity index (χ3v) is 12.1. The van der Waals surface area contributed by atoms with Crippen LogP contribution in [-0.2, 0) is 31.0 Å². The molecule has 250 valence electrons. The number of ether oxygens (including phenoxy) is 1. The third-order valence-electron chi connectivity index (χ3n) is 8.53. The standard InChI is InChI=1S/C33H33N5O7S3/c1-4-36(5-2)21-10-6-19(7-11-21)26-27-28(31(41)38(30(27)40)22-12-14-23(45-3)15-13-22)46-32-29(26)47-33(42)37(32)18-25(39)35-20-8-16-24(17-9-20)48(34,43)44/h6-17,26-28H,4-5,18H2,1-3H3,(H,35,39)(H2,34,43,44)/t26-,27?,28?/m1/s1. The van der Waals surface area contributed by atoms with E-state index in [4.69, 9.17) is 9.88 Å². The lowest BCUT2D eigenvalue weighted by atomic mass is 9.83. The first-order valence-corrected chi connectivity index (χ1v) is 18.4. The van der Waals surface area contributed by atoms with Gasteiger partial charge < -0.3 is 15.0 Å². The van der Waals surface area contributed by atoms with E-state index in [-0.39, 0.29) is 17.3 Å². The van der Waals surface area contributed by atoms with Crippen LogP contribution in [0, 0.1) is 5.92 Å². The summed E-state index contributed by atoms with van der Waals surface area (Å²) >= 11 is 2.09. The van der Waals surface area contributed by atoms with Crippen molar-refractivity contribution in [2.45, 2.75) is 41.5 Å². The van der Waals surface area contributed by atoms with Crippen molar-refractivity contribution in [1.82, 2.24) is 4.57 Å². The molecule has 1 fully saturated rings. The number of imide groups is 1. The highest BCUT2D eigenvalue weighted by molar-refractivity contribution is 8.00. The zero-order chi connectivity index (χ0) is 34.3. The van der Waals surface area contributed by atoms with Gasteiger partial charge in [0, 0.05) is 35.3 Å². The Balaban J connectivity index is 1.37. The molecule has 0 radical (unpaired) electrons. The molecule has 1 aromatic heterocycles. The second kappa shape index (κ2) is 13.2. The Morgan fingerprint density at radius 3 is 2.17 bits per heavy atom. The topological polar surface area (TPSA) is 161 Å². The number of aromatic nitrogens is 1. The van der Waals surface area contributed by atoms with Gasteiger partial charge in [0.1, 0.15) is 17.5 Å². The molecule has 3 aromatic carbocycles. The van der Waals surface area contributed by atoms with E-state index >= 15 is 0 Å². The van der Waals surface area contributed by atoms with Gasteiger partial charge in [0.25, 0.3) is 0 Å². The molecule has 12 nitrogen and oxygen atoms in total. The van der Waals surface area contributed by atoms with E-state index in [1.807, 2.05) is 24.3 Å². The van der Waals surface area contributed by atoms with Crippen LogP contribution in [0.15, 0.2) is 87.5 Å². The summed E-state index contributed by atoms with van der Waals surface area (Å²) in [6, 6.07) is 19.9. The fourth-order valence-corrected chi connectivity index (χ4v) is 9.44. The van der Waals surface area contributed by atoms with Crippen molar-refractivity contribution in [3.63, 3.8) is 0 Å². The van der Waals surface area contributed by atoms with Crippen LogP contribution in [0.5, 0.6) is 5.75 Å². The van der Waals surface area contributed by atoms with E-state index in [0.717, 1.165) is 47.4 Å². The number of rotatable bonds is 10. The molecule has 3 heterocycles. The molecule has 0 spiro atoms. The number of nitrogens with two attached hydrogens (primary N) is 1. The third kappa shape index (κ3) is 6.14. The number of carbonyl (C=O) groups excluding carboxylic acids is 3.